The first-order valence-corrected chi connectivity index (χ1v) is 9.69. The number of fused-ring (bicyclic) bond motifs is 1. The van der Waals surface area contributed by atoms with Crippen molar-refractivity contribution in [3.05, 3.63) is 53.1 Å². The maximum absolute atomic E-state index is 13.3. The number of carbonyl (C=O) groups is 1. The van der Waals surface area contributed by atoms with Gasteiger partial charge < -0.3 is 9.64 Å². The number of anilines is 1. The van der Waals surface area contributed by atoms with Crippen LogP contribution in [-0.4, -0.2) is 50.1 Å². The Labute approximate surface area is 164 Å². The zero-order valence-electron chi connectivity index (χ0n) is 16.4. The van der Waals surface area contributed by atoms with Crippen molar-refractivity contribution in [3.63, 3.8) is 0 Å². The molecular formula is C21H25N3O2S. The van der Waals surface area contributed by atoms with E-state index in [0.29, 0.717) is 11.7 Å². The number of amides is 1. The molecule has 1 heterocycles. The summed E-state index contributed by atoms with van der Waals surface area (Å²) in [7, 11) is 5.65. The van der Waals surface area contributed by atoms with Gasteiger partial charge in [0.05, 0.1) is 17.3 Å². The lowest BCUT2D eigenvalue weighted by molar-refractivity contribution is 0.0984. The third kappa shape index (κ3) is 4.28. The Morgan fingerprint density at radius 1 is 1.11 bits per heavy atom. The van der Waals surface area contributed by atoms with E-state index in [1.165, 1.54) is 11.3 Å². The molecule has 0 bridgehead atoms. The van der Waals surface area contributed by atoms with E-state index in [1.54, 1.807) is 12.0 Å². The molecular weight excluding hydrogens is 358 g/mol. The number of nitrogens with zero attached hydrogens (tertiary/aromatic N) is 3. The van der Waals surface area contributed by atoms with Crippen LogP contribution in [0, 0.1) is 13.8 Å². The fourth-order valence-corrected chi connectivity index (χ4v) is 3.94. The van der Waals surface area contributed by atoms with Gasteiger partial charge in [-0.15, -0.1) is 0 Å². The molecule has 27 heavy (non-hydrogen) atoms. The average molecular weight is 384 g/mol. The highest BCUT2D eigenvalue weighted by atomic mass is 32.1. The Morgan fingerprint density at radius 3 is 2.56 bits per heavy atom. The van der Waals surface area contributed by atoms with Crippen molar-refractivity contribution in [2.45, 2.75) is 13.8 Å². The Hall–Kier alpha value is -2.44. The topological polar surface area (TPSA) is 45.7 Å². The number of benzene rings is 2. The van der Waals surface area contributed by atoms with Crippen molar-refractivity contribution in [2.75, 3.05) is 39.2 Å². The summed E-state index contributed by atoms with van der Waals surface area (Å²) in [4.78, 5) is 21.9. The van der Waals surface area contributed by atoms with Crippen molar-refractivity contribution in [3.8, 4) is 5.75 Å². The SMILES string of the molecule is COc1ccc2nc(N(CCN(C)C)C(=O)c3ccc(C)cc3C)sc2c1. The molecule has 1 aromatic heterocycles. The van der Waals surface area contributed by atoms with Gasteiger partial charge in [-0.25, -0.2) is 4.98 Å². The summed E-state index contributed by atoms with van der Waals surface area (Å²) in [6.45, 7) is 5.35. The van der Waals surface area contributed by atoms with E-state index in [4.69, 9.17) is 9.72 Å². The van der Waals surface area contributed by atoms with Gasteiger partial charge in [0.1, 0.15) is 5.75 Å². The molecule has 3 aromatic rings. The number of methoxy groups -OCH3 is 1. The minimum absolute atomic E-state index is 0.0135. The van der Waals surface area contributed by atoms with Crippen molar-refractivity contribution in [1.29, 1.82) is 0 Å². The second kappa shape index (κ2) is 8.06. The average Bonchev–Trinajstić information content (AvgIpc) is 3.04. The molecule has 5 nitrogen and oxygen atoms in total. The molecule has 0 N–H and O–H groups in total. The van der Waals surface area contributed by atoms with Crippen LogP contribution in [0.2, 0.25) is 0 Å². The number of thiazole rings is 1. The van der Waals surface area contributed by atoms with E-state index < -0.39 is 0 Å². The standard InChI is InChI=1S/C21H25N3O2S/c1-14-6-8-17(15(2)12-14)20(25)24(11-10-23(3)4)21-22-18-9-7-16(26-5)13-19(18)27-21/h6-9,12-13H,10-11H2,1-5H3. The van der Waals surface area contributed by atoms with Crippen LogP contribution in [0.5, 0.6) is 5.75 Å². The number of carbonyl (C=O) groups excluding carboxylic acids is 1. The second-order valence-corrected chi connectivity index (χ2v) is 7.92. The highest BCUT2D eigenvalue weighted by molar-refractivity contribution is 7.22. The summed E-state index contributed by atoms with van der Waals surface area (Å²) in [5.74, 6) is 0.776. The number of hydrogen-bond donors (Lipinski definition) is 0. The molecule has 0 aliphatic carbocycles. The van der Waals surface area contributed by atoms with Gasteiger partial charge in [0.25, 0.3) is 5.91 Å². The van der Waals surface area contributed by atoms with Gasteiger partial charge in [-0.05, 0) is 57.8 Å². The number of likely N-dealkylation sites (N-methyl/N-ethyl adjacent to an activating group) is 1. The Morgan fingerprint density at radius 2 is 1.89 bits per heavy atom. The van der Waals surface area contributed by atoms with Gasteiger partial charge in [0.2, 0.25) is 0 Å². The zero-order chi connectivity index (χ0) is 19.6. The zero-order valence-corrected chi connectivity index (χ0v) is 17.3. The van der Waals surface area contributed by atoms with Crippen LogP contribution in [0.25, 0.3) is 10.2 Å². The monoisotopic (exact) mass is 383 g/mol. The first-order valence-electron chi connectivity index (χ1n) is 8.87. The molecule has 0 fully saturated rings. The first kappa shape index (κ1) is 19.3. The van der Waals surface area contributed by atoms with Crippen LogP contribution in [-0.2, 0) is 0 Å². The second-order valence-electron chi connectivity index (χ2n) is 6.91. The van der Waals surface area contributed by atoms with E-state index in [9.17, 15) is 4.79 Å². The highest BCUT2D eigenvalue weighted by Crippen LogP contribution is 2.32. The van der Waals surface area contributed by atoms with Crippen LogP contribution in [0.1, 0.15) is 21.5 Å². The number of hydrogen-bond acceptors (Lipinski definition) is 5. The summed E-state index contributed by atoms with van der Waals surface area (Å²) < 4.78 is 6.31. The molecule has 0 saturated heterocycles. The number of aryl methyl sites for hydroxylation is 2. The summed E-state index contributed by atoms with van der Waals surface area (Å²) in [6, 6.07) is 11.7. The largest absolute Gasteiger partial charge is 0.497 e. The van der Waals surface area contributed by atoms with Crippen molar-refractivity contribution in [1.82, 2.24) is 9.88 Å². The fraction of sp³-hybridized carbons (Fsp3) is 0.333. The Bertz CT molecular complexity index is 965. The molecule has 2 aromatic carbocycles. The molecule has 0 spiro atoms. The molecule has 0 atom stereocenters. The molecule has 1 amide bonds. The van der Waals surface area contributed by atoms with E-state index >= 15 is 0 Å². The fourth-order valence-electron chi connectivity index (χ4n) is 2.92. The van der Waals surface area contributed by atoms with Crippen LogP contribution >= 0.6 is 11.3 Å². The summed E-state index contributed by atoms with van der Waals surface area (Å²) in [5.41, 5.74) is 3.73. The molecule has 0 radical (unpaired) electrons. The lowest BCUT2D eigenvalue weighted by Crippen LogP contribution is -2.37. The normalized spacial score (nSPS) is 11.2. The van der Waals surface area contributed by atoms with E-state index in [-0.39, 0.29) is 5.91 Å². The molecule has 0 unspecified atom stereocenters. The van der Waals surface area contributed by atoms with Crippen molar-refractivity contribution < 1.29 is 9.53 Å². The maximum Gasteiger partial charge on any atom is 0.260 e. The van der Waals surface area contributed by atoms with Crippen molar-refractivity contribution in [2.24, 2.45) is 0 Å². The number of aromatic nitrogens is 1. The van der Waals surface area contributed by atoms with E-state index in [0.717, 1.165) is 39.2 Å². The van der Waals surface area contributed by atoms with Gasteiger partial charge >= 0.3 is 0 Å². The van der Waals surface area contributed by atoms with Gasteiger partial charge in [-0.1, -0.05) is 29.0 Å². The molecule has 3 rings (SSSR count). The van der Waals surface area contributed by atoms with Gasteiger partial charge in [-0.2, -0.15) is 0 Å². The lowest BCUT2D eigenvalue weighted by atomic mass is 10.0. The van der Waals surface area contributed by atoms with Gasteiger partial charge in [0.15, 0.2) is 5.13 Å². The van der Waals surface area contributed by atoms with Gasteiger partial charge in [-0.3, -0.25) is 9.69 Å². The summed E-state index contributed by atoms with van der Waals surface area (Å²) in [6.07, 6.45) is 0. The predicted octanol–water partition coefficient (Wildman–Crippen LogP) is 4.13. The van der Waals surface area contributed by atoms with E-state index in [1.807, 2.05) is 64.3 Å². The molecule has 0 saturated carbocycles. The summed E-state index contributed by atoms with van der Waals surface area (Å²) in [5, 5.41) is 0.713. The van der Waals surface area contributed by atoms with Crippen LogP contribution in [0.15, 0.2) is 36.4 Å². The minimum Gasteiger partial charge on any atom is -0.497 e. The number of rotatable bonds is 6. The predicted molar refractivity (Wildman–Crippen MR) is 112 cm³/mol. The molecule has 0 aliphatic heterocycles. The van der Waals surface area contributed by atoms with Crippen LogP contribution in [0.3, 0.4) is 0 Å². The van der Waals surface area contributed by atoms with E-state index in [2.05, 4.69) is 4.90 Å². The van der Waals surface area contributed by atoms with Gasteiger partial charge in [0, 0.05) is 18.7 Å². The smallest absolute Gasteiger partial charge is 0.260 e. The lowest BCUT2D eigenvalue weighted by Gasteiger charge is -2.22. The first-order chi connectivity index (χ1) is 12.9. The summed E-state index contributed by atoms with van der Waals surface area (Å²) >= 11 is 1.51. The number of ether oxygens (including phenoxy) is 1. The maximum atomic E-state index is 13.3. The quantitative estimate of drug-likeness (QED) is 0.642. The Kier molecular flexibility index (Phi) is 5.77. The molecule has 0 aliphatic rings. The van der Waals surface area contributed by atoms with Crippen LogP contribution < -0.4 is 9.64 Å². The third-order valence-corrected chi connectivity index (χ3v) is 5.48. The highest BCUT2D eigenvalue weighted by Gasteiger charge is 2.22. The molecule has 142 valence electrons. The Balaban J connectivity index is 2.01. The molecule has 6 heteroatoms. The van der Waals surface area contributed by atoms with Crippen molar-refractivity contribution >= 4 is 32.6 Å². The minimum atomic E-state index is -0.0135. The third-order valence-electron chi connectivity index (χ3n) is 4.44. The van der Waals surface area contributed by atoms with Crippen LogP contribution in [0.4, 0.5) is 5.13 Å².